The van der Waals surface area contributed by atoms with Gasteiger partial charge in [0, 0.05) is 17.4 Å². The number of ether oxygens (including phenoxy) is 1. The maximum Gasteiger partial charge on any atom is 0.133 e. The molecule has 4 nitrogen and oxygen atoms in total. The highest BCUT2D eigenvalue weighted by atomic mass is 35.5. The van der Waals surface area contributed by atoms with Crippen LogP contribution in [0.15, 0.2) is 36.8 Å². The minimum absolute atomic E-state index is 0.411. The van der Waals surface area contributed by atoms with E-state index in [9.17, 15) is 0 Å². The van der Waals surface area contributed by atoms with Crippen LogP contribution in [0.4, 0.5) is 11.5 Å². The minimum Gasteiger partial charge on any atom is -0.494 e. The number of rotatable bonds is 5. The van der Waals surface area contributed by atoms with Crippen LogP contribution in [-0.2, 0) is 5.88 Å². The molecule has 0 aliphatic rings. The molecule has 0 amide bonds. The third-order valence-electron chi connectivity index (χ3n) is 2.36. The van der Waals surface area contributed by atoms with Gasteiger partial charge in [-0.1, -0.05) is 0 Å². The SMILES string of the molecule is CCOc1ccc(Nc2ccncn2)cc1CCl. The molecule has 0 aliphatic carbocycles. The third kappa shape index (κ3) is 3.11. The first-order chi connectivity index (χ1) is 8.83. The van der Waals surface area contributed by atoms with Crippen molar-refractivity contribution >= 4 is 23.1 Å². The summed E-state index contributed by atoms with van der Waals surface area (Å²) >= 11 is 5.91. The van der Waals surface area contributed by atoms with Crippen LogP contribution in [0, 0.1) is 0 Å². The Morgan fingerprint density at radius 3 is 2.89 bits per heavy atom. The molecular weight excluding hydrogens is 250 g/mol. The lowest BCUT2D eigenvalue weighted by Gasteiger charge is -2.11. The highest BCUT2D eigenvalue weighted by molar-refractivity contribution is 6.17. The molecule has 2 rings (SSSR count). The molecule has 5 heteroatoms. The average molecular weight is 264 g/mol. The first kappa shape index (κ1) is 12.6. The van der Waals surface area contributed by atoms with E-state index in [-0.39, 0.29) is 0 Å². The van der Waals surface area contributed by atoms with E-state index >= 15 is 0 Å². The summed E-state index contributed by atoms with van der Waals surface area (Å²) in [5.41, 5.74) is 1.88. The lowest BCUT2D eigenvalue weighted by molar-refractivity contribution is 0.337. The molecule has 1 N–H and O–H groups in total. The van der Waals surface area contributed by atoms with Crippen molar-refractivity contribution in [3.63, 3.8) is 0 Å². The average Bonchev–Trinajstić information content (AvgIpc) is 2.42. The van der Waals surface area contributed by atoms with Gasteiger partial charge in [-0.15, -0.1) is 11.6 Å². The van der Waals surface area contributed by atoms with Gasteiger partial charge in [-0.3, -0.25) is 0 Å². The lowest BCUT2D eigenvalue weighted by atomic mass is 10.2. The number of nitrogens with one attached hydrogen (secondary N) is 1. The normalized spacial score (nSPS) is 10.1. The summed E-state index contributed by atoms with van der Waals surface area (Å²) in [6.07, 6.45) is 3.19. The van der Waals surface area contributed by atoms with Gasteiger partial charge in [-0.2, -0.15) is 0 Å². The Hall–Kier alpha value is -1.81. The molecule has 0 aliphatic heterocycles. The number of hydrogen-bond acceptors (Lipinski definition) is 4. The molecule has 1 aromatic heterocycles. The van der Waals surface area contributed by atoms with E-state index in [4.69, 9.17) is 16.3 Å². The predicted octanol–water partition coefficient (Wildman–Crippen LogP) is 3.36. The van der Waals surface area contributed by atoms with Crippen molar-refractivity contribution in [2.75, 3.05) is 11.9 Å². The fourth-order valence-corrected chi connectivity index (χ4v) is 1.78. The number of hydrogen-bond donors (Lipinski definition) is 1. The van der Waals surface area contributed by atoms with Crippen LogP contribution in [0.5, 0.6) is 5.75 Å². The second-order valence-electron chi connectivity index (χ2n) is 3.61. The van der Waals surface area contributed by atoms with E-state index in [1.54, 1.807) is 12.3 Å². The van der Waals surface area contributed by atoms with Gasteiger partial charge in [0.05, 0.1) is 12.5 Å². The number of anilines is 2. The molecule has 0 radical (unpaired) electrons. The van der Waals surface area contributed by atoms with Crippen LogP contribution >= 0.6 is 11.6 Å². The van der Waals surface area contributed by atoms with Gasteiger partial charge in [-0.25, -0.2) is 9.97 Å². The summed E-state index contributed by atoms with van der Waals surface area (Å²) < 4.78 is 5.50. The summed E-state index contributed by atoms with van der Waals surface area (Å²) in [5.74, 6) is 1.98. The zero-order valence-corrected chi connectivity index (χ0v) is 10.8. The minimum atomic E-state index is 0.411. The van der Waals surface area contributed by atoms with Gasteiger partial charge in [-0.05, 0) is 31.2 Å². The van der Waals surface area contributed by atoms with Crippen molar-refractivity contribution in [2.24, 2.45) is 0 Å². The van der Waals surface area contributed by atoms with E-state index in [0.29, 0.717) is 12.5 Å². The van der Waals surface area contributed by atoms with E-state index in [0.717, 1.165) is 22.8 Å². The van der Waals surface area contributed by atoms with Crippen molar-refractivity contribution in [1.29, 1.82) is 0 Å². The Morgan fingerprint density at radius 1 is 1.33 bits per heavy atom. The first-order valence-electron chi connectivity index (χ1n) is 5.68. The Morgan fingerprint density at radius 2 is 2.22 bits per heavy atom. The summed E-state index contributed by atoms with van der Waals surface area (Å²) in [6, 6.07) is 7.60. The van der Waals surface area contributed by atoms with Crippen LogP contribution in [0.25, 0.3) is 0 Å². The highest BCUT2D eigenvalue weighted by Gasteiger charge is 2.04. The molecule has 0 bridgehead atoms. The van der Waals surface area contributed by atoms with Crippen molar-refractivity contribution in [3.8, 4) is 5.75 Å². The number of aromatic nitrogens is 2. The second-order valence-corrected chi connectivity index (χ2v) is 3.88. The fourth-order valence-electron chi connectivity index (χ4n) is 1.57. The highest BCUT2D eigenvalue weighted by Crippen LogP contribution is 2.25. The summed E-state index contributed by atoms with van der Waals surface area (Å²) in [7, 11) is 0. The molecule has 0 saturated carbocycles. The third-order valence-corrected chi connectivity index (χ3v) is 2.65. The number of nitrogens with zero attached hydrogens (tertiary/aromatic N) is 2. The molecule has 1 aromatic carbocycles. The Bertz CT molecular complexity index is 505. The van der Waals surface area contributed by atoms with E-state index < -0.39 is 0 Å². The van der Waals surface area contributed by atoms with Crippen molar-refractivity contribution < 1.29 is 4.74 Å². The van der Waals surface area contributed by atoms with E-state index in [2.05, 4.69) is 15.3 Å². The number of benzene rings is 1. The predicted molar refractivity (Wildman–Crippen MR) is 72.5 cm³/mol. The molecule has 2 aromatic rings. The van der Waals surface area contributed by atoms with Gasteiger partial charge in [0.25, 0.3) is 0 Å². The van der Waals surface area contributed by atoms with E-state index in [1.807, 2.05) is 25.1 Å². The smallest absolute Gasteiger partial charge is 0.133 e. The van der Waals surface area contributed by atoms with Crippen LogP contribution in [0.1, 0.15) is 12.5 Å². The van der Waals surface area contributed by atoms with Gasteiger partial charge < -0.3 is 10.1 Å². The topological polar surface area (TPSA) is 47.0 Å². The van der Waals surface area contributed by atoms with Gasteiger partial charge in [0.15, 0.2) is 0 Å². The van der Waals surface area contributed by atoms with Crippen LogP contribution in [0.3, 0.4) is 0 Å². The Labute approximate surface area is 111 Å². The summed E-state index contributed by atoms with van der Waals surface area (Å²) in [5, 5.41) is 3.18. The molecule has 0 fully saturated rings. The number of halogens is 1. The molecule has 0 unspecified atom stereocenters. The molecule has 0 spiro atoms. The zero-order valence-electron chi connectivity index (χ0n) is 10.1. The zero-order chi connectivity index (χ0) is 12.8. The molecule has 0 atom stereocenters. The maximum absolute atomic E-state index is 5.91. The lowest BCUT2D eigenvalue weighted by Crippen LogP contribution is -1.98. The molecule has 18 heavy (non-hydrogen) atoms. The maximum atomic E-state index is 5.91. The second kappa shape index (κ2) is 6.21. The Balaban J connectivity index is 2.19. The van der Waals surface area contributed by atoms with Crippen molar-refractivity contribution in [1.82, 2.24) is 9.97 Å². The molecule has 0 saturated heterocycles. The van der Waals surface area contributed by atoms with Gasteiger partial charge >= 0.3 is 0 Å². The standard InChI is InChI=1S/C13H14ClN3O/c1-2-18-12-4-3-11(7-10(12)8-14)17-13-5-6-15-9-16-13/h3-7,9H,2,8H2,1H3,(H,15,16,17). The number of alkyl halides is 1. The molecule has 94 valence electrons. The Kier molecular flexibility index (Phi) is 4.36. The van der Waals surface area contributed by atoms with Crippen molar-refractivity contribution in [2.45, 2.75) is 12.8 Å². The quantitative estimate of drug-likeness (QED) is 0.841. The van der Waals surface area contributed by atoms with Gasteiger partial charge in [0.1, 0.15) is 17.9 Å². The van der Waals surface area contributed by atoms with Crippen molar-refractivity contribution in [3.05, 3.63) is 42.4 Å². The van der Waals surface area contributed by atoms with Gasteiger partial charge in [0.2, 0.25) is 0 Å². The van der Waals surface area contributed by atoms with Crippen LogP contribution in [0.2, 0.25) is 0 Å². The molecular formula is C13H14ClN3O. The van der Waals surface area contributed by atoms with Crippen LogP contribution < -0.4 is 10.1 Å². The van der Waals surface area contributed by atoms with E-state index in [1.165, 1.54) is 6.33 Å². The monoisotopic (exact) mass is 263 g/mol. The first-order valence-corrected chi connectivity index (χ1v) is 6.21. The summed E-state index contributed by atoms with van der Waals surface area (Å²) in [4.78, 5) is 7.97. The summed E-state index contributed by atoms with van der Waals surface area (Å²) in [6.45, 7) is 2.58. The molecule has 1 heterocycles. The fraction of sp³-hybridized carbons (Fsp3) is 0.231. The van der Waals surface area contributed by atoms with Crippen LogP contribution in [-0.4, -0.2) is 16.6 Å². The largest absolute Gasteiger partial charge is 0.494 e.